The molecule has 0 aliphatic carbocycles. The van der Waals surface area contributed by atoms with Gasteiger partial charge < -0.3 is 18.9 Å². The van der Waals surface area contributed by atoms with E-state index in [1.54, 1.807) is 0 Å². The maximum atomic E-state index is 6.26. The van der Waals surface area contributed by atoms with E-state index in [9.17, 15) is 0 Å². The Morgan fingerprint density at radius 3 is 2.30 bits per heavy atom. The predicted molar refractivity (Wildman–Crippen MR) is 86.6 cm³/mol. The van der Waals surface area contributed by atoms with E-state index >= 15 is 0 Å². The molecule has 0 aromatic carbocycles. The molecular formula is C18H31NO4. The van der Waals surface area contributed by atoms with Crippen molar-refractivity contribution in [1.82, 2.24) is 4.90 Å². The molecule has 4 aliphatic rings. The Balaban J connectivity index is 1.22. The Morgan fingerprint density at radius 2 is 1.57 bits per heavy atom. The van der Waals surface area contributed by atoms with Gasteiger partial charge in [0.1, 0.15) is 0 Å². The summed E-state index contributed by atoms with van der Waals surface area (Å²) in [5.41, 5.74) is 0.0803. The normalized spacial score (nSPS) is 33.7. The van der Waals surface area contributed by atoms with E-state index in [4.69, 9.17) is 18.9 Å². The number of rotatable bonds is 4. The van der Waals surface area contributed by atoms with Gasteiger partial charge in [0.15, 0.2) is 0 Å². The molecule has 1 atom stereocenters. The zero-order valence-electron chi connectivity index (χ0n) is 14.2. The van der Waals surface area contributed by atoms with Gasteiger partial charge in [0.2, 0.25) is 0 Å². The number of likely N-dealkylation sites (tertiary alicyclic amines) is 1. The van der Waals surface area contributed by atoms with Crippen molar-refractivity contribution in [2.45, 2.75) is 56.3 Å². The largest absolute Gasteiger partial charge is 0.381 e. The van der Waals surface area contributed by atoms with Crippen LogP contribution in [0.3, 0.4) is 0 Å². The zero-order valence-corrected chi connectivity index (χ0v) is 14.2. The minimum Gasteiger partial charge on any atom is -0.381 e. The third kappa shape index (κ3) is 3.90. The van der Waals surface area contributed by atoms with Crippen LogP contribution in [0, 0.1) is 5.92 Å². The fourth-order valence-corrected chi connectivity index (χ4v) is 4.53. The molecule has 4 aliphatic heterocycles. The second kappa shape index (κ2) is 7.36. The number of ether oxygens (including phenoxy) is 4. The molecule has 5 nitrogen and oxygen atoms in total. The average Bonchev–Trinajstić information content (AvgIpc) is 2.60. The Labute approximate surface area is 139 Å². The van der Waals surface area contributed by atoms with Crippen LogP contribution in [0.2, 0.25) is 0 Å². The number of nitrogens with zero attached hydrogens (tertiary/aromatic N) is 1. The topological polar surface area (TPSA) is 40.2 Å². The quantitative estimate of drug-likeness (QED) is 0.789. The van der Waals surface area contributed by atoms with Gasteiger partial charge in [-0.25, -0.2) is 0 Å². The lowest BCUT2D eigenvalue weighted by Gasteiger charge is -2.56. The lowest BCUT2D eigenvalue weighted by Crippen LogP contribution is -2.68. The molecule has 0 radical (unpaired) electrons. The molecule has 0 saturated carbocycles. The first-order valence-corrected chi connectivity index (χ1v) is 9.48. The van der Waals surface area contributed by atoms with Gasteiger partial charge in [-0.3, -0.25) is 4.90 Å². The minimum absolute atomic E-state index is 0.0803. The lowest BCUT2D eigenvalue weighted by atomic mass is 9.82. The van der Waals surface area contributed by atoms with Gasteiger partial charge in [-0.05, 0) is 38.0 Å². The average molecular weight is 325 g/mol. The van der Waals surface area contributed by atoms with Crippen molar-refractivity contribution in [2.75, 3.05) is 52.7 Å². The third-order valence-corrected chi connectivity index (χ3v) is 6.05. The molecule has 5 heteroatoms. The standard InChI is InChI=1S/C18H31NO4/c1-6-20-7-2-15(1)12-22-17-5-10-23-18(11-17)13-19(14-18)16-3-8-21-9-4-16/h15-17H,1-14H2/t17-/m1/s1. The monoisotopic (exact) mass is 325 g/mol. The summed E-state index contributed by atoms with van der Waals surface area (Å²) in [6.45, 7) is 7.62. The van der Waals surface area contributed by atoms with E-state index in [-0.39, 0.29) is 5.60 Å². The molecule has 0 N–H and O–H groups in total. The summed E-state index contributed by atoms with van der Waals surface area (Å²) in [5.74, 6) is 0.697. The zero-order chi connectivity index (χ0) is 15.5. The molecular weight excluding hydrogens is 294 g/mol. The third-order valence-electron chi connectivity index (χ3n) is 6.05. The molecule has 4 fully saturated rings. The van der Waals surface area contributed by atoms with Crippen molar-refractivity contribution in [3.8, 4) is 0 Å². The van der Waals surface area contributed by atoms with E-state index in [0.717, 1.165) is 78.4 Å². The first-order valence-electron chi connectivity index (χ1n) is 9.48. The van der Waals surface area contributed by atoms with E-state index < -0.39 is 0 Å². The molecule has 4 heterocycles. The first kappa shape index (κ1) is 16.3. The van der Waals surface area contributed by atoms with Gasteiger partial charge in [-0.2, -0.15) is 0 Å². The van der Waals surface area contributed by atoms with Crippen LogP contribution in [-0.4, -0.2) is 75.4 Å². The van der Waals surface area contributed by atoms with Crippen LogP contribution in [0.1, 0.15) is 38.5 Å². The predicted octanol–water partition coefficient (Wildman–Crippen LogP) is 1.84. The molecule has 23 heavy (non-hydrogen) atoms. The summed E-state index contributed by atoms with van der Waals surface area (Å²) in [6, 6.07) is 0.710. The maximum absolute atomic E-state index is 6.26. The summed E-state index contributed by atoms with van der Waals surface area (Å²) >= 11 is 0. The number of hydrogen-bond acceptors (Lipinski definition) is 5. The van der Waals surface area contributed by atoms with Crippen LogP contribution in [0.5, 0.6) is 0 Å². The fraction of sp³-hybridized carbons (Fsp3) is 1.00. The van der Waals surface area contributed by atoms with Crippen LogP contribution in [0.4, 0.5) is 0 Å². The molecule has 0 aromatic rings. The summed E-state index contributed by atoms with van der Waals surface area (Å²) in [5, 5.41) is 0. The lowest BCUT2D eigenvalue weighted by molar-refractivity contribution is -0.211. The number of hydrogen-bond donors (Lipinski definition) is 0. The van der Waals surface area contributed by atoms with Crippen molar-refractivity contribution in [2.24, 2.45) is 5.92 Å². The summed E-state index contributed by atoms with van der Waals surface area (Å²) < 4.78 is 23.3. The van der Waals surface area contributed by atoms with Gasteiger partial charge in [0, 0.05) is 65.2 Å². The Morgan fingerprint density at radius 1 is 0.870 bits per heavy atom. The van der Waals surface area contributed by atoms with Crippen molar-refractivity contribution in [3.05, 3.63) is 0 Å². The van der Waals surface area contributed by atoms with E-state index in [1.807, 2.05) is 0 Å². The smallest absolute Gasteiger partial charge is 0.0959 e. The van der Waals surface area contributed by atoms with Crippen LogP contribution in [-0.2, 0) is 18.9 Å². The molecule has 4 saturated heterocycles. The fourth-order valence-electron chi connectivity index (χ4n) is 4.53. The van der Waals surface area contributed by atoms with Crippen molar-refractivity contribution >= 4 is 0 Å². The van der Waals surface area contributed by atoms with Crippen LogP contribution >= 0.6 is 0 Å². The molecule has 0 amide bonds. The van der Waals surface area contributed by atoms with Crippen LogP contribution in [0.25, 0.3) is 0 Å². The van der Waals surface area contributed by atoms with Crippen molar-refractivity contribution in [3.63, 3.8) is 0 Å². The van der Waals surface area contributed by atoms with Gasteiger partial charge >= 0.3 is 0 Å². The second-order valence-corrected chi connectivity index (χ2v) is 7.78. The highest BCUT2D eigenvalue weighted by Crippen LogP contribution is 2.38. The second-order valence-electron chi connectivity index (χ2n) is 7.78. The van der Waals surface area contributed by atoms with E-state index in [0.29, 0.717) is 18.1 Å². The summed E-state index contributed by atoms with van der Waals surface area (Å²) in [7, 11) is 0. The Kier molecular flexibility index (Phi) is 5.21. The van der Waals surface area contributed by atoms with E-state index in [2.05, 4.69) is 4.90 Å². The highest BCUT2D eigenvalue weighted by Gasteiger charge is 2.49. The molecule has 0 aromatic heterocycles. The Hall–Kier alpha value is -0.200. The Bertz CT molecular complexity index is 373. The van der Waals surface area contributed by atoms with Gasteiger partial charge in [0.05, 0.1) is 11.7 Å². The maximum Gasteiger partial charge on any atom is 0.0959 e. The van der Waals surface area contributed by atoms with Crippen LogP contribution < -0.4 is 0 Å². The highest BCUT2D eigenvalue weighted by atomic mass is 16.5. The van der Waals surface area contributed by atoms with Crippen LogP contribution in [0.15, 0.2) is 0 Å². The van der Waals surface area contributed by atoms with Crippen molar-refractivity contribution < 1.29 is 18.9 Å². The van der Waals surface area contributed by atoms with Gasteiger partial charge in [-0.1, -0.05) is 0 Å². The minimum atomic E-state index is 0.0803. The van der Waals surface area contributed by atoms with E-state index in [1.165, 1.54) is 12.8 Å². The molecule has 1 spiro atoms. The summed E-state index contributed by atoms with van der Waals surface area (Å²) in [6.07, 6.45) is 7.21. The molecule has 132 valence electrons. The molecule has 0 bridgehead atoms. The SMILES string of the molecule is C1CC(CO[C@@H]2CCOC3(C2)CN(C2CCOCC2)C3)CCO1. The highest BCUT2D eigenvalue weighted by molar-refractivity contribution is 5.03. The first-order chi connectivity index (χ1) is 11.3. The molecule has 4 rings (SSSR count). The van der Waals surface area contributed by atoms with Gasteiger partial charge in [0.25, 0.3) is 0 Å². The summed E-state index contributed by atoms with van der Waals surface area (Å²) in [4.78, 5) is 2.60. The molecule has 0 unspecified atom stereocenters. The van der Waals surface area contributed by atoms with Gasteiger partial charge in [-0.15, -0.1) is 0 Å². The van der Waals surface area contributed by atoms with Crippen molar-refractivity contribution in [1.29, 1.82) is 0 Å².